The van der Waals surface area contributed by atoms with Gasteiger partial charge < -0.3 is 59.4 Å². The molecule has 17 nitrogen and oxygen atoms in total. The van der Waals surface area contributed by atoms with E-state index in [-0.39, 0.29) is 39.1 Å². The highest BCUT2D eigenvalue weighted by atomic mass is 16.8. The lowest BCUT2D eigenvalue weighted by atomic mass is 9.62. The summed E-state index contributed by atoms with van der Waals surface area (Å²) in [6, 6.07) is 14.6. The number of amides is 2. The fraction of sp³-hybridized carbons (Fsp3) is 0.646. The Bertz CT molecular complexity index is 1930. The molecule has 0 spiro atoms. The van der Waals surface area contributed by atoms with Crippen molar-refractivity contribution in [2.75, 3.05) is 33.4 Å². The summed E-state index contributed by atoms with van der Waals surface area (Å²) in [5, 5.41) is 54.0. The zero-order valence-corrected chi connectivity index (χ0v) is 37.6. The molecule has 5 aliphatic rings. The minimum atomic E-state index is -1.56. The average Bonchev–Trinajstić information content (AvgIpc) is 3.87. The summed E-state index contributed by atoms with van der Waals surface area (Å²) in [6.45, 7) is 3.46. The second kappa shape index (κ2) is 21.8. The van der Waals surface area contributed by atoms with E-state index in [2.05, 4.69) is 19.2 Å². The zero-order valence-electron chi connectivity index (χ0n) is 37.6. The first-order valence-electron chi connectivity index (χ1n) is 23.3. The molecule has 4 saturated heterocycles. The van der Waals surface area contributed by atoms with Crippen molar-refractivity contribution in [2.24, 2.45) is 5.41 Å². The van der Waals surface area contributed by atoms with E-state index in [1.54, 1.807) is 19.2 Å². The Kier molecular flexibility index (Phi) is 16.5. The molecule has 358 valence electrons. The topological polar surface area (TPSA) is 226 Å². The van der Waals surface area contributed by atoms with E-state index in [4.69, 9.17) is 28.5 Å². The fourth-order valence-electron chi connectivity index (χ4n) is 10.2. The van der Waals surface area contributed by atoms with Crippen molar-refractivity contribution in [1.29, 1.82) is 0 Å². The van der Waals surface area contributed by atoms with Gasteiger partial charge in [-0.3, -0.25) is 19.2 Å². The van der Waals surface area contributed by atoms with Gasteiger partial charge >= 0.3 is 5.97 Å². The molecular formula is C48H67N3O14. The van der Waals surface area contributed by atoms with Crippen LogP contribution in [-0.2, 0) is 55.9 Å². The molecule has 5 fully saturated rings. The van der Waals surface area contributed by atoms with Crippen LogP contribution in [0.1, 0.15) is 88.3 Å². The van der Waals surface area contributed by atoms with Gasteiger partial charge in [0.2, 0.25) is 11.8 Å². The lowest BCUT2D eigenvalue weighted by molar-refractivity contribution is -0.298. The van der Waals surface area contributed by atoms with Crippen LogP contribution in [0.4, 0.5) is 0 Å². The average molecular weight is 910 g/mol. The molecule has 6 N–H and O–H groups in total. The number of nitrogens with one attached hydrogen (secondary N) is 1. The van der Waals surface area contributed by atoms with Crippen molar-refractivity contribution < 1.29 is 68.4 Å². The van der Waals surface area contributed by atoms with Gasteiger partial charge in [0, 0.05) is 39.3 Å². The first kappa shape index (κ1) is 49.1. The number of rotatable bonds is 22. The van der Waals surface area contributed by atoms with Crippen molar-refractivity contribution in [3.8, 4) is 0 Å². The second-order valence-electron chi connectivity index (χ2n) is 18.0. The van der Waals surface area contributed by atoms with Gasteiger partial charge in [-0.25, -0.2) is 0 Å². The van der Waals surface area contributed by atoms with Crippen molar-refractivity contribution in [3.05, 3.63) is 77.4 Å². The van der Waals surface area contributed by atoms with Gasteiger partial charge in [0.15, 0.2) is 18.1 Å². The van der Waals surface area contributed by atoms with Gasteiger partial charge in [0.05, 0.1) is 26.4 Å². The molecule has 17 heteroatoms. The first-order chi connectivity index (χ1) is 31.4. The number of ether oxygens (including phenoxy) is 5. The van der Waals surface area contributed by atoms with Crippen LogP contribution < -0.4 is 5.32 Å². The van der Waals surface area contributed by atoms with Gasteiger partial charge in [0.1, 0.15) is 60.3 Å². The summed E-state index contributed by atoms with van der Waals surface area (Å²) >= 11 is 0. The minimum absolute atomic E-state index is 0.000437. The largest absolute Gasteiger partial charge is 0.458 e. The number of carbonyl (C=O) groups excluding carboxylic acids is 3. The van der Waals surface area contributed by atoms with E-state index in [1.807, 2.05) is 54.6 Å². The Balaban J connectivity index is 1.18. The Morgan fingerprint density at radius 1 is 0.938 bits per heavy atom. The highest BCUT2D eigenvalue weighted by molar-refractivity contribution is 5.96. The molecule has 2 aromatic rings. The van der Waals surface area contributed by atoms with Crippen LogP contribution in [0.15, 0.2) is 60.7 Å². The van der Waals surface area contributed by atoms with Gasteiger partial charge in [-0.05, 0) is 29.5 Å². The van der Waals surface area contributed by atoms with Crippen molar-refractivity contribution >= 4 is 23.9 Å². The van der Waals surface area contributed by atoms with Crippen LogP contribution in [0, 0.1) is 5.41 Å². The number of carbonyl (C=O) groups is 3. The number of nitrogens with zero attached hydrogens (tertiary/aromatic N) is 2. The van der Waals surface area contributed by atoms with Crippen LogP contribution in [-0.4, -0.2) is 160 Å². The first-order valence-corrected chi connectivity index (χ1v) is 23.3. The fourth-order valence-corrected chi connectivity index (χ4v) is 10.2. The molecule has 4 aliphatic heterocycles. The number of benzene rings is 2. The predicted molar refractivity (Wildman–Crippen MR) is 234 cm³/mol. The number of aliphatic hydroxyl groups is 5. The van der Waals surface area contributed by atoms with Gasteiger partial charge in [-0.15, -0.1) is 0 Å². The molecular weight excluding hydrogens is 843 g/mol. The van der Waals surface area contributed by atoms with Crippen molar-refractivity contribution in [2.45, 2.75) is 158 Å². The molecule has 1 saturated carbocycles. The normalized spacial score (nSPS) is 32.0. The number of aliphatic hydroxyl groups excluding tert-OH is 5. The molecule has 0 aromatic heterocycles. The zero-order chi connectivity index (χ0) is 46.3. The lowest BCUT2D eigenvalue weighted by Gasteiger charge is -2.50. The predicted octanol–water partition coefficient (Wildman–Crippen LogP) is 2.14. The van der Waals surface area contributed by atoms with Gasteiger partial charge in [-0.1, -0.05) is 106 Å². The number of esters is 1. The van der Waals surface area contributed by atoms with Crippen LogP contribution in [0.3, 0.4) is 0 Å². The van der Waals surface area contributed by atoms with Crippen LogP contribution in [0.5, 0.6) is 0 Å². The molecule has 7 rings (SSSR count). The number of hydrogen-bond acceptors (Lipinski definition) is 15. The monoisotopic (exact) mass is 909 g/mol. The standard InChI is InChI=1S/C48H67N3O14/c1-4-6-11-20-47(21-12-7-5-2)63-39-34-27-48(46(59)50(3)33(43(57)49-22-23-52)26-31-15-9-8-10-16-31)41(44(58)61-34)51(65-42(48)40(39)64-47)28-32-18-13-17-30(25-32)19-14-24-60-45-38(56)37(55)36(54)35(29-53)62-45/h8-10,13-19,25,33-42,45,52-56H,4-7,11-12,20-24,26-29H2,1-3H3,(H,49,57). The van der Waals surface area contributed by atoms with Crippen molar-refractivity contribution in [1.82, 2.24) is 15.3 Å². The van der Waals surface area contributed by atoms with Crippen molar-refractivity contribution in [3.63, 3.8) is 0 Å². The third-order valence-corrected chi connectivity index (χ3v) is 13.6. The van der Waals surface area contributed by atoms with Crippen LogP contribution in [0.2, 0.25) is 0 Å². The van der Waals surface area contributed by atoms with Crippen LogP contribution in [0.25, 0.3) is 6.08 Å². The maximum absolute atomic E-state index is 15.6. The highest BCUT2D eigenvalue weighted by Gasteiger charge is 2.76. The van der Waals surface area contributed by atoms with E-state index in [1.165, 1.54) is 9.96 Å². The Morgan fingerprint density at radius 2 is 1.65 bits per heavy atom. The Morgan fingerprint density at radius 3 is 2.34 bits per heavy atom. The molecule has 4 heterocycles. The molecule has 2 amide bonds. The number of hydrogen-bond donors (Lipinski definition) is 6. The SMILES string of the molecule is CCCCCC1(CCCCC)OC2C3CC4(C(=O)N(C)C(Cc5ccccc5)C(=O)NCCO)C(ON(Cc5cccc(C=CCOC6OC(CO)C(O)C(O)C6O)c5)C4C(=O)O3)C2O1. The third kappa shape index (κ3) is 10.4. The van der Waals surface area contributed by atoms with E-state index in [0.717, 1.165) is 55.2 Å². The van der Waals surface area contributed by atoms with Crippen LogP contribution >= 0.6 is 0 Å². The Labute approximate surface area is 380 Å². The highest BCUT2D eigenvalue weighted by Crippen LogP contribution is 2.58. The van der Waals surface area contributed by atoms with E-state index in [9.17, 15) is 35.1 Å². The summed E-state index contributed by atoms with van der Waals surface area (Å²) in [6.07, 6.45) is 0.509. The lowest BCUT2D eigenvalue weighted by Crippen LogP contribution is -2.70. The minimum Gasteiger partial charge on any atom is -0.458 e. The number of fused-ring (bicyclic) bond motifs is 4. The van der Waals surface area contributed by atoms with Gasteiger partial charge in [0.25, 0.3) is 0 Å². The molecule has 2 aromatic carbocycles. The van der Waals surface area contributed by atoms with E-state index in [0.29, 0.717) is 12.8 Å². The van der Waals surface area contributed by atoms with E-state index < -0.39 is 103 Å². The van der Waals surface area contributed by atoms with E-state index >= 15 is 4.79 Å². The molecule has 65 heavy (non-hydrogen) atoms. The second-order valence-corrected chi connectivity index (χ2v) is 18.0. The summed E-state index contributed by atoms with van der Waals surface area (Å²) in [7, 11) is 1.58. The molecule has 2 bridgehead atoms. The smallest absolute Gasteiger partial charge is 0.327 e. The Hall–Kier alpha value is -3.85. The molecule has 0 radical (unpaired) electrons. The summed E-state index contributed by atoms with van der Waals surface area (Å²) in [5.41, 5.74) is 0.784. The number of likely N-dealkylation sites (N-methyl/N-ethyl adjacent to an activating group) is 1. The summed E-state index contributed by atoms with van der Waals surface area (Å²) in [5.74, 6) is -2.49. The number of unbranched alkanes of at least 4 members (excludes halogenated alkanes) is 4. The maximum atomic E-state index is 15.6. The maximum Gasteiger partial charge on any atom is 0.327 e. The molecule has 12 atom stereocenters. The van der Waals surface area contributed by atoms with Gasteiger partial charge in [-0.2, -0.15) is 5.06 Å². The summed E-state index contributed by atoms with van der Waals surface area (Å²) in [4.78, 5) is 52.4. The molecule has 1 aliphatic carbocycles. The summed E-state index contributed by atoms with van der Waals surface area (Å²) < 4.78 is 31.3. The quantitative estimate of drug-likeness (QED) is 0.0736. The molecule has 12 unspecified atom stereocenters. The number of hydroxylamine groups is 2. The third-order valence-electron chi connectivity index (χ3n) is 13.6.